The average Bonchev–Trinajstić information content (AvgIpc) is 3.06. The highest BCUT2D eigenvalue weighted by Gasteiger charge is 2.24. The number of hydrogen-bond donors (Lipinski definition) is 3. The molecule has 0 aliphatic heterocycles. The Balaban J connectivity index is 1.83. The molecule has 3 rings (SSSR count). The second kappa shape index (κ2) is 11.2. The summed E-state index contributed by atoms with van der Waals surface area (Å²) in [5.41, 5.74) is 5.48. The minimum Gasteiger partial charge on any atom is -0.383 e. The number of rotatable bonds is 10. The monoisotopic (exact) mass is 522 g/mol. The van der Waals surface area contributed by atoms with E-state index < -0.39 is 11.2 Å². The van der Waals surface area contributed by atoms with Crippen LogP contribution < -0.4 is 27.4 Å². The zero-order valence-corrected chi connectivity index (χ0v) is 22.0. The lowest BCUT2D eigenvalue weighted by Crippen LogP contribution is -2.43. The number of ether oxygens (including phenoxy) is 1. The Morgan fingerprint density at radius 2 is 1.94 bits per heavy atom. The molecular formula is C22H30N6O5S2. The number of carbonyl (C=O) groups is 1. The number of nitrogens with one attached hydrogen (secondary N) is 2. The minimum absolute atomic E-state index is 0.00382. The van der Waals surface area contributed by atoms with E-state index in [0.29, 0.717) is 28.3 Å². The summed E-state index contributed by atoms with van der Waals surface area (Å²) in [6, 6.07) is 0. The largest absolute Gasteiger partial charge is 0.383 e. The van der Waals surface area contributed by atoms with Gasteiger partial charge in [0.2, 0.25) is 5.91 Å². The Kier molecular flexibility index (Phi) is 8.56. The maximum Gasteiger partial charge on any atom is 0.330 e. The number of hydrogen-bond acceptors (Lipinski definition) is 9. The van der Waals surface area contributed by atoms with E-state index in [9.17, 15) is 19.2 Å². The zero-order valence-electron chi connectivity index (χ0n) is 20.4. The first-order valence-corrected chi connectivity index (χ1v) is 13.0. The van der Waals surface area contributed by atoms with Crippen molar-refractivity contribution in [1.29, 1.82) is 0 Å². The maximum absolute atomic E-state index is 13.2. The van der Waals surface area contributed by atoms with Crippen molar-refractivity contribution >= 4 is 50.7 Å². The summed E-state index contributed by atoms with van der Waals surface area (Å²) in [6.07, 6.45) is 0. The number of nitrogens with zero attached hydrogens (tertiary/aromatic N) is 3. The fraction of sp³-hybridized carbons (Fsp3) is 0.500. The molecule has 3 heterocycles. The Bertz CT molecular complexity index is 1400. The van der Waals surface area contributed by atoms with Gasteiger partial charge in [0.25, 0.3) is 11.1 Å². The highest BCUT2D eigenvalue weighted by atomic mass is 32.2. The summed E-state index contributed by atoms with van der Waals surface area (Å²) in [5.74, 6) is 0.398. The highest BCUT2D eigenvalue weighted by Crippen LogP contribution is 2.26. The van der Waals surface area contributed by atoms with Gasteiger partial charge >= 0.3 is 5.69 Å². The van der Waals surface area contributed by atoms with Gasteiger partial charge in [-0.1, -0.05) is 13.8 Å². The Hall–Kier alpha value is -2.90. The fourth-order valence-corrected chi connectivity index (χ4v) is 5.42. The molecular weight excluding hydrogens is 492 g/mol. The molecule has 3 aromatic heterocycles. The van der Waals surface area contributed by atoms with Gasteiger partial charge in [-0.05, 0) is 25.3 Å². The number of aromatic nitrogens is 4. The third-order valence-corrected chi connectivity index (χ3v) is 7.43. The molecule has 0 aliphatic rings. The number of aromatic amines is 2. The fourth-order valence-electron chi connectivity index (χ4n) is 3.61. The van der Waals surface area contributed by atoms with E-state index in [1.807, 2.05) is 27.7 Å². The van der Waals surface area contributed by atoms with Gasteiger partial charge < -0.3 is 20.4 Å². The number of thiophene rings is 1. The predicted molar refractivity (Wildman–Crippen MR) is 141 cm³/mol. The molecule has 0 bridgehead atoms. The summed E-state index contributed by atoms with van der Waals surface area (Å²) >= 11 is 2.71. The van der Waals surface area contributed by atoms with Crippen molar-refractivity contribution in [1.82, 2.24) is 19.5 Å². The molecule has 13 heteroatoms. The standard InChI is InChI=1S/C22H30N6O5S2/c1-11(2)8-28-18(23)17(20(31)26-22(28)32)27(6-7-33-5)15(29)10-34-9-14-24-19(30)16-12(3)13(4)35-21(16)25-14/h11H,6-10,23H2,1-5H3,(H,24,25,30)(H,26,31,32). The maximum atomic E-state index is 13.2. The Morgan fingerprint density at radius 3 is 2.60 bits per heavy atom. The lowest BCUT2D eigenvalue weighted by molar-refractivity contribution is -0.116. The van der Waals surface area contributed by atoms with Gasteiger partial charge in [-0.2, -0.15) is 0 Å². The Morgan fingerprint density at radius 1 is 1.23 bits per heavy atom. The quantitative estimate of drug-likeness (QED) is 0.362. The first kappa shape index (κ1) is 26.7. The van der Waals surface area contributed by atoms with E-state index in [4.69, 9.17) is 10.5 Å². The van der Waals surface area contributed by atoms with Crippen LogP contribution in [0.25, 0.3) is 10.2 Å². The highest BCUT2D eigenvalue weighted by molar-refractivity contribution is 7.99. The van der Waals surface area contributed by atoms with Crippen molar-refractivity contribution in [3.8, 4) is 0 Å². The molecule has 0 fully saturated rings. The van der Waals surface area contributed by atoms with Gasteiger partial charge in [0.05, 0.1) is 23.5 Å². The van der Waals surface area contributed by atoms with E-state index in [1.165, 1.54) is 39.7 Å². The molecule has 3 aromatic rings. The molecule has 190 valence electrons. The normalized spacial score (nSPS) is 11.5. The van der Waals surface area contributed by atoms with E-state index in [1.54, 1.807) is 0 Å². The molecule has 1 amide bonds. The lowest BCUT2D eigenvalue weighted by Gasteiger charge is -2.24. The predicted octanol–water partition coefficient (Wildman–Crippen LogP) is 1.60. The second-order valence-corrected chi connectivity index (χ2v) is 10.7. The summed E-state index contributed by atoms with van der Waals surface area (Å²) in [5, 5.41) is 0.592. The van der Waals surface area contributed by atoms with Crippen molar-refractivity contribution < 1.29 is 9.53 Å². The van der Waals surface area contributed by atoms with Crippen LogP contribution in [0, 0.1) is 19.8 Å². The van der Waals surface area contributed by atoms with E-state index in [2.05, 4.69) is 15.0 Å². The van der Waals surface area contributed by atoms with Crippen LogP contribution in [0.1, 0.15) is 30.1 Å². The number of thioether (sulfide) groups is 1. The molecule has 0 aliphatic carbocycles. The molecule has 0 unspecified atom stereocenters. The van der Waals surface area contributed by atoms with Gasteiger partial charge in [0.1, 0.15) is 16.5 Å². The zero-order chi connectivity index (χ0) is 25.9. The number of fused-ring (bicyclic) bond motifs is 1. The average molecular weight is 523 g/mol. The molecule has 0 saturated heterocycles. The van der Waals surface area contributed by atoms with Crippen molar-refractivity contribution in [3.05, 3.63) is 47.5 Å². The van der Waals surface area contributed by atoms with Crippen LogP contribution in [0.4, 0.5) is 11.5 Å². The van der Waals surface area contributed by atoms with Crippen LogP contribution >= 0.6 is 23.1 Å². The van der Waals surface area contributed by atoms with Gasteiger partial charge in [0.15, 0.2) is 5.69 Å². The van der Waals surface area contributed by atoms with E-state index in [0.717, 1.165) is 10.4 Å². The van der Waals surface area contributed by atoms with Crippen molar-refractivity contribution in [2.75, 3.05) is 36.6 Å². The van der Waals surface area contributed by atoms with Gasteiger partial charge in [0, 0.05) is 25.1 Å². The number of methoxy groups -OCH3 is 1. The molecule has 11 nitrogen and oxygen atoms in total. The van der Waals surface area contributed by atoms with Crippen LogP contribution in [0.2, 0.25) is 0 Å². The van der Waals surface area contributed by atoms with Crippen LogP contribution in [0.15, 0.2) is 14.4 Å². The van der Waals surface area contributed by atoms with Crippen molar-refractivity contribution in [2.45, 2.75) is 40.0 Å². The number of nitrogens with two attached hydrogens (primary N) is 1. The Labute approximate surface area is 209 Å². The first-order chi connectivity index (χ1) is 16.5. The van der Waals surface area contributed by atoms with Crippen LogP contribution in [0.3, 0.4) is 0 Å². The summed E-state index contributed by atoms with van der Waals surface area (Å²) < 4.78 is 6.37. The second-order valence-electron chi connectivity index (χ2n) is 8.50. The molecule has 0 spiro atoms. The number of anilines is 2. The number of carbonyl (C=O) groups excluding carboxylic acids is 1. The number of H-pyrrole nitrogens is 2. The third-order valence-electron chi connectivity index (χ3n) is 5.40. The minimum atomic E-state index is -0.734. The number of aryl methyl sites for hydroxylation is 2. The summed E-state index contributed by atoms with van der Waals surface area (Å²) in [4.78, 5) is 63.1. The van der Waals surface area contributed by atoms with Gasteiger partial charge in [-0.3, -0.25) is 23.9 Å². The van der Waals surface area contributed by atoms with E-state index in [-0.39, 0.29) is 47.8 Å². The molecule has 0 aromatic carbocycles. The van der Waals surface area contributed by atoms with Crippen molar-refractivity contribution in [2.24, 2.45) is 5.92 Å². The van der Waals surface area contributed by atoms with Crippen molar-refractivity contribution in [3.63, 3.8) is 0 Å². The lowest BCUT2D eigenvalue weighted by atomic mass is 10.2. The van der Waals surface area contributed by atoms with Crippen LogP contribution in [0.5, 0.6) is 0 Å². The molecule has 0 saturated carbocycles. The smallest absolute Gasteiger partial charge is 0.330 e. The SMILES string of the molecule is COCCN(C(=O)CSCc1nc2sc(C)c(C)c2c(=O)[nH]1)c1c(N)n(CC(C)C)c(=O)[nH]c1=O. The topological polar surface area (TPSA) is 156 Å². The first-order valence-electron chi connectivity index (χ1n) is 11.0. The summed E-state index contributed by atoms with van der Waals surface area (Å²) in [7, 11) is 1.48. The molecule has 0 atom stereocenters. The van der Waals surface area contributed by atoms with Gasteiger partial charge in [-0.15, -0.1) is 23.1 Å². The molecule has 35 heavy (non-hydrogen) atoms. The van der Waals surface area contributed by atoms with Crippen LogP contribution in [-0.2, 0) is 21.8 Å². The molecule has 0 radical (unpaired) electrons. The summed E-state index contributed by atoms with van der Waals surface area (Å²) in [6.45, 7) is 8.20. The van der Waals surface area contributed by atoms with Crippen LogP contribution in [-0.4, -0.2) is 51.4 Å². The third kappa shape index (κ3) is 5.85. The molecule has 4 N–H and O–H groups in total. The number of amides is 1. The van der Waals surface area contributed by atoms with Gasteiger partial charge in [-0.25, -0.2) is 9.78 Å². The van der Waals surface area contributed by atoms with E-state index >= 15 is 0 Å². The number of nitrogen functional groups attached to an aromatic ring is 1.